The summed E-state index contributed by atoms with van der Waals surface area (Å²) in [5, 5.41) is 87.0. The number of carbonyl (C=O) groups is 1. The smallest absolute Gasteiger partial charge is 0.220 e. The highest BCUT2D eigenvalue weighted by atomic mass is 16.7. The molecule has 0 radical (unpaired) electrons. The van der Waals surface area contributed by atoms with Crippen molar-refractivity contribution in [1.29, 1.82) is 0 Å². The number of aliphatic hydroxyl groups is 8. The van der Waals surface area contributed by atoms with Crippen LogP contribution in [0.2, 0.25) is 0 Å². The van der Waals surface area contributed by atoms with Crippen LogP contribution in [0.25, 0.3) is 0 Å². The van der Waals surface area contributed by atoms with Gasteiger partial charge in [0.15, 0.2) is 12.6 Å². The Hall–Kier alpha value is -1.79. The van der Waals surface area contributed by atoms with Crippen LogP contribution in [0.15, 0.2) is 36.5 Å². The van der Waals surface area contributed by atoms with Gasteiger partial charge in [0.05, 0.1) is 32.0 Å². The zero-order valence-corrected chi connectivity index (χ0v) is 48.7. The molecule has 452 valence electrons. The van der Waals surface area contributed by atoms with Gasteiger partial charge < -0.3 is 65.1 Å². The predicted octanol–water partition coefficient (Wildman–Crippen LogP) is 11.4. The molecule has 12 unspecified atom stereocenters. The minimum absolute atomic E-state index is 0.237. The SMILES string of the molecule is CCCCCCC/C=C\C/C=C\CCCCCCCCCCCCCCCCCCCCCC(=O)NC(COC1OC(CO)C(OC2OC(CO)C(O)C(O)C2O)C(O)C1O)C(O)/C=C/CCCCCCCCCCCC. The van der Waals surface area contributed by atoms with Gasteiger partial charge in [-0.15, -0.1) is 0 Å². The van der Waals surface area contributed by atoms with E-state index in [9.17, 15) is 45.6 Å². The highest BCUT2D eigenvalue weighted by Gasteiger charge is 2.51. The van der Waals surface area contributed by atoms with Crippen molar-refractivity contribution in [1.82, 2.24) is 5.32 Å². The lowest BCUT2D eigenvalue weighted by molar-refractivity contribution is -0.359. The van der Waals surface area contributed by atoms with Gasteiger partial charge in [-0.2, -0.15) is 0 Å². The van der Waals surface area contributed by atoms with Crippen molar-refractivity contribution in [3.8, 4) is 0 Å². The summed E-state index contributed by atoms with van der Waals surface area (Å²) in [5.74, 6) is -0.237. The number of aliphatic hydroxyl groups excluding tert-OH is 8. The van der Waals surface area contributed by atoms with Crippen LogP contribution in [-0.2, 0) is 23.7 Å². The van der Waals surface area contributed by atoms with Gasteiger partial charge in [-0.25, -0.2) is 0 Å². The molecule has 14 heteroatoms. The number of ether oxygens (including phenoxy) is 4. The summed E-state index contributed by atoms with van der Waals surface area (Å²) < 4.78 is 22.8. The van der Waals surface area contributed by atoms with E-state index in [0.29, 0.717) is 6.42 Å². The standard InChI is InChI=1S/C63H117NO13/c1-3-5-7-9-11-13-15-17-18-19-20-21-22-23-24-25-26-27-28-29-30-31-32-33-34-35-37-39-41-43-45-47-55(68)64-51(52(67)46-44-42-40-38-36-16-14-12-10-8-6-4-2)50-74-62-60(73)58(71)61(54(49-66)76-62)77-63-59(72)57(70)56(69)53(48-65)75-63/h15,17,19-20,44,46,51-54,56-63,65-67,69-73H,3-14,16,18,21-43,45,47-50H2,1-2H3,(H,64,68)/b17-15-,20-19-,46-44+. The zero-order chi connectivity index (χ0) is 56.0. The summed E-state index contributed by atoms with van der Waals surface area (Å²) in [4.78, 5) is 13.3. The van der Waals surface area contributed by atoms with Crippen molar-refractivity contribution < 1.29 is 64.6 Å². The Balaban J connectivity index is 1.63. The number of allylic oxidation sites excluding steroid dienone is 5. The summed E-state index contributed by atoms with van der Waals surface area (Å²) in [6.07, 6.45) is 43.5. The lowest BCUT2D eigenvalue weighted by atomic mass is 9.97. The Morgan fingerprint density at radius 2 is 0.857 bits per heavy atom. The molecular formula is C63H117NO13. The van der Waals surface area contributed by atoms with Crippen LogP contribution in [0, 0.1) is 0 Å². The lowest BCUT2D eigenvalue weighted by Crippen LogP contribution is -2.65. The number of carbonyl (C=O) groups excluding carboxylic acids is 1. The van der Waals surface area contributed by atoms with Gasteiger partial charge in [0.25, 0.3) is 0 Å². The van der Waals surface area contributed by atoms with Crippen LogP contribution >= 0.6 is 0 Å². The van der Waals surface area contributed by atoms with Gasteiger partial charge in [-0.05, 0) is 51.4 Å². The molecule has 2 saturated heterocycles. The molecule has 14 nitrogen and oxygen atoms in total. The van der Waals surface area contributed by atoms with Crippen LogP contribution in [0.3, 0.4) is 0 Å². The van der Waals surface area contributed by atoms with Gasteiger partial charge in [0.2, 0.25) is 5.91 Å². The van der Waals surface area contributed by atoms with Crippen LogP contribution in [0.1, 0.15) is 264 Å². The normalized spacial score (nSPS) is 24.9. The monoisotopic (exact) mass is 1100 g/mol. The molecule has 1 amide bonds. The third-order valence-corrected chi connectivity index (χ3v) is 15.6. The number of rotatable bonds is 51. The quantitative estimate of drug-likeness (QED) is 0.0204. The average molecular weight is 1100 g/mol. The summed E-state index contributed by atoms with van der Waals surface area (Å²) >= 11 is 0. The molecule has 0 spiro atoms. The van der Waals surface area contributed by atoms with Crippen molar-refractivity contribution in [3.63, 3.8) is 0 Å². The molecule has 2 aliphatic rings. The molecular weight excluding hydrogens is 979 g/mol. The Bertz CT molecular complexity index is 1430. The summed E-state index contributed by atoms with van der Waals surface area (Å²) in [6, 6.07) is -0.912. The highest BCUT2D eigenvalue weighted by molar-refractivity contribution is 5.76. The summed E-state index contributed by atoms with van der Waals surface area (Å²) in [6.45, 7) is 2.79. The predicted molar refractivity (Wildman–Crippen MR) is 309 cm³/mol. The Kier molecular flexibility index (Phi) is 45.3. The molecule has 2 fully saturated rings. The largest absolute Gasteiger partial charge is 0.394 e. The molecule has 0 bridgehead atoms. The molecule has 12 atom stereocenters. The lowest BCUT2D eigenvalue weighted by Gasteiger charge is -2.46. The van der Waals surface area contributed by atoms with E-state index in [1.807, 2.05) is 6.08 Å². The second-order valence-corrected chi connectivity index (χ2v) is 22.5. The molecule has 0 aliphatic carbocycles. The first kappa shape index (κ1) is 71.3. The minimum atomic E-state index is -1.79. The number of unbranched alkanes of at least 4 members (excludes halogenated alkanes) is 34. The first-order valence-electron chi connectivity index (χ1n) is 31.7. The highest BCUT2D eigenvalue weighted by Crippen LogP contribution is 2.30. The second kappa shape index (κ2) is 48.9. The molecule has 0 saturated carbocycles. The van der Waals surface area contributed by atoms with Crippen LogP contribution in [0.4, 0.5) is 0 Å². The van der Waals surface area contributed by atoms with E-state index in [1.54, 1.807) is 6.08 Å². The topological polar surface area (TPSA) is 228 Å². The Morgan fingerprint density at radius 3 is 1.30 bits per heavy atom. The first-order valence-corrected chi connectivity index (χ1v) is 31.7. The fourth-order valence-electron chi connectivity index (χ4n) is 10.4. The second-order valence-electron chi connectivity index (χ2n) is 22.5. The van der Waals surface area contributed by atoms with Crippen molar-refractivity contribution in [2.45, 2.75) is 338 Å². The molecule has 2 rings (SSSR count). The van der Waals surface area contributed by atoms with Crippen LogP contribution in [-0.4, -0.2) is 140 Å². The van der Waals surface area contributed by atoms with E-state index in [-0.39, 0.29) is 18.9 Å². The molecule has 0 aromatic heterocycles. The van der Waals surface area contributed by atoms with Gasteiger partial charge >= 0.3 is 0 Å². The molecule has 2 heterocycles. The van der Waals surface area contributed by atoms with E-state index < -0.39 is 86.8 Å². The number of hydrogen-bond acceptors (Lipinski definition) is 13. The van der Waals surface area contributed by atoms with Gasteiger partial charge in [-0.3, -0.25) is 4.79 Å². The van der Waals surface area contributed by atoms with Crippen molar-refractivity contribution >= 4 is 5.91 Å². The van der Waals surface area contributed by atoms with Crippen molar-refractivity contribution in [2.24, 2.45) is 0 Å². The fourth-order valence-corrected chi connectivity index (χ4v) is 10.4. The maximum absolute atomic E-state index is 13.3. The van der Waals surface area contributed by atoms with Gasteiger partial charge in [0.1, 0.15) is 48.8 Å². The first-order chi connectivity index (χ1) is 37.6. The van der Waals surface area contributed by atoms with E-state index in [0.717, 1.165) is 44.9 Å². The van der Waals surface area contributed by atoms with Crippen LogP contribution < -0.4 is 5.32 Å². The van der Waals surface area contributed by atoms with Crippen LogP contribution in [0.5, 0.6) is 0 Å². The fraction of sp³-hybridized carbons (Fsp3) is 0.889. The molecule has 9 N–H and O–H groups in total. The molecule has 0 aromatic carbocycles. The third kappa shape index (κ3) is 34.3. The van der Waals surface area contributed by atoms with Crippen molar-refractivity contribution in [2.75, 3.05) is 19.8 Å². The zero-order valence-electron chi connectivity index (χ0n) is 48.7. The number of nitrogens with one attached hydrogen (secondary N) is 1. The maximum Gasteiger partial charge on any atom is 0.220 e. The third-order valence-electron chi connectivity index (χ3n) is 15.6. The Labute approximate surface area is 468 Å². The van der Waals surface area contributed by atoms with Gasteiger partial charge in [0, 0.05) is 6.42 Å². The van der Waals surface area contributed by atoms with E-state index in [2.05, 4.69) is 43.5 Å². The average Bonchev–Trinajstić information content (AvgIpc) is 3.43. The summed E-state index contributed by atoms with van der Waals surface area (Å²) in [5.41, 5.74) is 0. The Morgan fingerprint density at radius 1 is 0.468 bits per heavy atom. The van der Waals surface area contributed by atoms with Gasteiger partial charge in [-0.1, -0.05) is 243 Å². The van der Waals surface area contributed by atoms with E-state index in [1.165, 1.54) is 193 Å². The minimum Gasteiger partial charge on any atom is -0.394 e. The van der Waals surface area contributed by atoms with E-state index in [4.69, 9.17) is 18.9 Å². The van der Waals surface area contributed by atoms with Crippen molar-refractivity contribution in [3.05, 3.63) is 36.5 Å². The van der Waals surface area contributed by atoms with E-state index >= 15 is 0 Å². The molecule has 2 aliphatic heterocycles. The number of amides is 1. The number of hydrogen-bond donors (Lipinski definition) is 9. The maximum atomic E-state index is 13.3. The summed E-state index contributed by atoms with van der Waals surface area (Å²) in [7, 11) is 0. The molecule has 77 heavy (non-hydrogen) atoms. The molecule has 0 aromatic rings.